The third-order valence-electron chi connectivity index (χ3n) is 3.62. The van der Waals surface area contributed by atoms with Gasteiger partial charge >= 0.3 is 0 Å². The molecule has 1 unspecified atom stereocenters. The minimum absolute atomic E-state index is 0.179. The Kier molecular flexibility index (Phi) is 3.75. The summed E-state index contributed by atoms with van der Waals surface area (Å²) in [5.41, 5.74) is 12.9. The summed E-state index contributed by atoms with van der Waals surface area (Å²) in [4.78, 5) is 0. The van der Waals surface area contributed by atoms with Crippen LogP contribution in [0.2, 0.25) is 0 Å². The average Bonchev–Trinajstić information content (AvgIpc) is 2.37. The Labute approximate surface area is 107 Å². The van der Waals surface area contributed by atoms with Crippen LogP contribution in [0.4, 0.5) is 0 Å². The number of rotatable bonds is 5. The minimum atomic E-state index is -0.197. The van der Waals surface area contributed by atoms with Gasteiger partial charge in [-0.1, -0.05) is 6.07 Å². The van der Waals surface area contributed by atoms with Gasteiger partial charge < -0.3 is 25.7 Å². The highest BCUT2D eigenvalue weighted by molar-refractivity contribution is 5.43. The molecule has 1 aliphatic heterocycles. The Morgan fingerprint density at radius 1 is 1.33 bits per heavy atom. The molecule has 5 nitrogen and oxygen atoms in total. The van der Waals surface area contributed by atoms with Gasteiger partial charge in [-0.2, -0.15) is 0 Å². The van der Waals surface area contributed by atoms with Crippen molar-refractivity contribution in [1.29, 1.82) is 0 Å². The fraction of sp³-hybridized carbons (Fsp3) is 0.538. The maximum absolute atomic E-state index is 6.33. The van der Waals surface area contributed by atoms with Crippen LogP contribution in [-0.2, 0) is 4.74 Å². The lowest BCUT2D eigenvalue weighted by Gasteiger charge is -2.45. The van der Waals surface area contributed by atoms with Gasteiger partial charge in [0.1, 0.15) is 11.5 Å². The van der Waals surface area contributed by atoms with E-state index in [0.29, 0.717) is 19.8 Å². The van der Waals surface area contributed by atoms with E-state index in [4.69, 9.17) is 25.7 Å². The second kappa shape index (κ2) is 5.14. The average molecular weight is 252 g/mol. The lowest BCUT2D eigenvalue weighted by molar-refractivity contribution is -0.121. The molecule has 2 rings (SSSR count). The van der Waals surface area contributed by atoms with Gasteiger partial charge in [0.05, 0.1) is 27.4 Å². The maximum Gasteiger partial charge on any atom is 0.127 e. The zero-order chi connectivity index (χ0) is 13.2. The van der Waals surface area contributed by atoms with Crippen LogP contribution in [0.1, 0.15) is 11.6 Å². The van der Waals surface area contributed by atoms with E-state index >= 15 is 0 Å². The first-order chi connectivity index (χ1) is 8.66. The van der Waals surface area contributed by atoms with E-state index in [2.05, 4.69) is 0 Å². The molecule has 5 heteroatoms. The second-order valence-corrected chi connectivity index (χ2v) is 4.64. The van der Waals surface area contributed by atoms with Gasteiger partial charge in [0.2, 0.25) is 0 Å². The molecule has 1 saturated heterocycles. The molecular weight excluding hydrogens is 232 g/mol. The van der Waals surface area contributed by atoms with Crippen LogP contribution in [-0.4, -0.2) is 34.0 Å². The van der Waals surface area contributed by atoms with Crippen LogP contribution < -0.4 is 20.9 Å². The molecule has 18 heavy (non-hydrogen) atoms. The van der Waals surface area contributed by atoms with Crippen LogP contribution >= 0.6 is 0 Å². The molecule has 0 amide bonds. The van der Waals surface area contributed by atoms with Gasteiger partial charge in [-0.05, 0) is 6.07 Å². The minimum Gasteiger partial charge on any atom is -0.497 e. The van der Waals surface area contributed by atoms with Crippen molar-refractivity contribution >= 4 is 0 Å². The standard InChI is InChI=1S/C13H20N2O3/c1-16-9-3-4-10(11(5-9)17-2)12(15)13(6-14)7-18-8-13/h3-5,12H,6-8,14-15H2,1-2H3. The largest absolute Gasteiger partial charge is 0.497 e. The van der Waals surface area contributed by atoms with Crippen LogP contribution in [0, 0.1) is 5.41 Å². The molecule has 0 bridgehead atoms. The number of hydrogen-bond donors (Lipinski definition) is 2. The monoisotopic (exact) mass is 252 g/mol. The zero-order valence-electron chi connectivity index (χ0n) is 10.8. The third kappa shape index (κ3) is 2.05. The van der Waals surface area contributed by atoms with Crippen LogP contribution in [0.3, 0.4) is 0 Å². The molecule has 0 radical (unpaired) electrons. The first-order valence-electron chi connectivity index (χ1n) is 5.92. The topological polar surface area (TPSA) is 79.7 Å². The normalized spacial score (nSPS) is 18.9. The molecule has 1 aromatic rings. The fourth-order valence-corrected chi connectivity index (χ4v) is 2.19. The molecule has 100 valence electrons. The Hall–Kier alpha value is -1.30. The molecule has 0 saturated carbocycles. The Morgan fingerprint density at radius 3 is 2.50 bits per heavy atom. The number of hydrogen-bond acceptors (Lipinski definition) is 5. The summed E-state index contributed by atoms with van der Waals surface area (Å²) < 4.78 is 15.8. The molecule has 1 atom stereocenters. The van der Waals surface area contributed by atoms with Gasteiger partial charge in [-0.15, -0.1) is 0 Å². The van der Waals surface area contributed by atoms with Gasteiger partial charge in [0.25, 0.3) is 0 Å². The summed E-state index contributed by atoms with van der Waals surface area (Å²) in [6, 6.07) is 5.44. The lowest BCUT2D eigenvalue weighted by atomic mass is 9.75. The quantitative estimate of drug-likeness (QED) is 0.805. The first kappa shape index (κ1) is 13.1. The smallest absolute Gasteiger partial charge is 0.127 e. The van der Waals surface area contributed by atoms with Crippen molar-refractivity contribution in [3.05, 3.63) is 23.8 Å². The van der Waals surface area contributed by atoms with E-state index < -0.39 is 0 Å². The second-order valence-electron chi connectivity index (χ2n) is 4.64. The molecule has 1 aromatic carbocycles. The molecule has 1 aliphatic rings. The Balaban J connectivity index is 2.32. The summed E-state index contributed by atoms with van der Waals surface area (Å²) in [5, 5.41) is 0. The van der Waals surface area contributed by atoms with Crippen molar-refractivity contribution in [2.75, 3.05) is 34.0 Å². The van der Waals surface area contributed by atoms with Crippen molar-refractivity contribution in [2.45, 2.75) is 6.04 Å². The van der Waals surface area contributed by atoms with E-state index in [-0.39, 0.29) is 11.5 Å². The van der Waals surface area contributed by atoms with Crippen molar-refractivity contribution in [2.24, 2.45) is 16.9 Å². The number of methoxy groups -OCH3 is 2. The summed E-state index contributed by atoms with van der Waals surface area (Å²) >= 11 is 0. The van der Waals surface area contributed by atoms with Gasteiger partial charge in [0.15, 0.2) is 0 Å². The third-order valence-corrected chi connectivity index (χ3v) is 3.62. The van der Waals surface area contributed by atoms with Crippen LogP contribution in [0.5, 0.6) is 11.5 Å². The first-order valence-corrected chi connectivity index (χ1v) is 5.92. The highest BCUT2D eigenvalue weighted by atomic mass is 16.5. The van der Waals surface area contributed by atoms with Crippen molar-refractivity contribution in [1.82, 2.24) is 0 Å². The van der Waals surface area contributed by atoms with Gasteiger partial charge in [-0.3, -0.25) is 0 Å². The molecule has 0 aliphatic carbocycles. The Bertz CT molecular complexity index is 413. The predicted molar refractivity (Wildman–Crippen MR) is 68.8 cm³/mol. The summed E-state index contributed by atoms with van der Waals surface area (Å²) in [5.74, 6) is 1.47. The fourth-order valence-electron chi connectivity index (χ4n) is 2.19. The SMILES string of the molecule is COc1ccc(C(N)C2(CN)COC2)c(OC)c1. The maximum atomic E-state index is 6.33. The number of nitrogens with two attached hydrogens (primary N) is 2. The van der Waals surface area contributed by atoms with E-state index in [1.807, 2.05) is 18.2 Å². The number of ether oxygens (including phenoxy) is 3. The van der Waals surface area contributed by atoms with Crippen molar-refractivity contribution in [3.63, 3.8) is 0 Å². The van der Waals surface area contributed by atoms with Gasteiger partial charge in [-0.25, -0.2) is 0 Å². The molecular formula is C13H20N2O3. The summed E-state index contributed by atoms with van der Waals surface area (Å²) in [6.45, 7) is 1.70. The molecule has 1 fully saturated rings. The lowest BCUT2D eigenvalue weighted by Crippen LogP contribution is -2.54. The molecule has 1 heterocycles. The highest BCUT2D eigenvalue weighted by Crippen LogP contribution is 2.41. The van der Waals surface area contributed by atoms with Crippen molar-refractivity contribution in [3.8, 4) is 11.5 Å². The van der Waals surface area contributed by atoms with E-state index in [1.165, 1.54) is 0 Å². The van der Waals surface area contributed by atoms with E-state index in [1.54, 1.807) is 14.2 Å². The molecule has 0 aromatic heterocycles. The number of benzene rings is 1. The van der Waals surface area contributed by atoms with E-state index in [0.717, 1.165) is 17.1 Å². The summed E-state index contributed by atoms with van der Waals surface area (Å²) in [7, 11) is 3.24. The Morgan fingerprint density at radius 2 is 2.06 bits per heavy atom. The van der Waals surface area contributed by atoms with Crippen molar-refractivity contribution < 1.29 is 14.2 Å². The van der Waals surface area contributed by atoms with Crippen LogP contribution in [0.15, 0.2) is 18.2 Å². The highest BCUT2D eigenvalue weighted by Gasteiger charge is 2.44. The summed E-state index contributed by atoms with van der Waals surface area (Å²) in [6.07, 6.45) is 0. The van der Waals surface area contributed by atoms with Crippen LogP contribution in [0.25, 0.3) is 0 Å². The predicted octanol–water partition coefficient (Wildman–Crippen LogP) is 0.679. The van der Waals surface area contributed by atoms with Gasteiger partial charge in [0, 0.05) is 29.6 Å². The molecule has 4 N–H and O–H groups in total. The zero-order valence-corrected chi connectivity index (χ0v) is 10.8. The molecule has 0 spiro atoms. The van der Waals surface area contributed by atoms with E-state index in [9.17, 15) is 0 Å².